The molecule has 19 heavy (non-hydrogen) atoms. The second-order valence-corrected chi connectivity index (χ2v) is 4.84. The molecule has 4 heteroatoms. The number of rotatable bonds is 6. The molecule has 102 valence electrons. The summed E-state index contributed by atoms with van der Waals surface area (Å²) in [6.45, 7) is 7.36. The van der Waals surface area contributed by atoms with Gasteiger partial charge in [0.15, 0.2) is 0 Å². The second-order valence-electron chi connectivity index (χ2n) is 4.84. The van der Waals surface area contributed by atoms with E-state index in [4.69, 9.17) is 9.47 Å². The van der Waals surface area contributed by atoms with Crippen LogP contribution in [-0.2, 0) is 19.1 Å². The zero-order valence-electron chi connectivity index (χ0n) is 10.8. The fourth-order valence-electron chi connectivity index (χ4n) is 2.94. The molecule has 0 spiro atoms. The molecule has 0 radical (unpaired) electrons. The molecule has 0 aliphatic heterocycles. The van der Waals surface area contributed by atoms with Gasteiger partial charge in [-0.25, -0.2) is 0 Å². The van der Waals surface area contributed by atoms with E-state index in [9.17, 15) is 9.59 Å². The summed E-state index contributed by atoms with van der Waals surface area (Å²) in [7, 11) is 0. The molecule has 1 saturated carbocycles. The molecule has 1 fully saturated rings. The summed E-state index contributed by atoms with van der Waals surface area (Å²) in [4.78, 5) is 24.1. The summed E-state index contributed by atoms with van der Waals surface area (Å²) < 4.78 is 10.2. The van der Waals surface area contributed by atoms with Crippen molar-refractivity contribution in [2.24, 2.45) is 23.7 Å². The van der Waals surface area contributed by atoms with E-state index in [1.54, 1.807) is 0 Å². The first-order chi connectivity index (χ1) is 9.19. The normalized spacial score (nSPS) is 30.9. The van der Waals surface area contributed by atoms with Gasteiger partial charge in [0.1, 0.15) is 13.2 Å². The van der Waals surface area contributed by atoms with Crippen LogP contribution in [-0.4, -0.2) is 25.2 Å². The third-order valence-electron chi connectivity index (χ3n) is 3.69. The van der Waals surface area contributed by atoms with Crippen LogP contribution in [0.2, 0.25) is 0 Å². The van der Waals surface area contributed by atoms with Crippen LogP contribution in [0.5, 0.6) is 0 Å². The smallest absolute Gasteiger partial charge is 0.310 e. The number of hydrogen-bond acceptors (Lipinski definition) is 4. The van der Waals surface area contributed by atoms with E-state index in [-0.39, 0.29) is 37.0 Å². The molecule has 4 atom stereocenters. The van der Waals surface area contributed by atoms with E-state index < -0.39 is 11.8 Å². The first-order valence-corrected chi connectivity index (χ1v) is 6.42. The quantitative estimate of drug-likeness (QED) is 0.542. The lowest BCUT2D eigenvalue weighted by atomic mass is 9.83. The minimum Gasteiger partial charge on any atom is -0.461 e. The molecule has 0 aromatic carbocycles. The lowest BCUT2D eigenvalue weighted by Gasteiger charge is -2.24. The number of carbonyl (C=O) groups is 2. The number of allylic oxidation sites excluding steroid dienone is 2. The average Bonchev–Trinajstić information content (AvgIpc) is 3.02. The van der Waals surface area contributed by atoms with E-state index in [0.29, 0.717) is 0 Å². The summed E-state index contributed by atoms with van der Waals surface area (Å²) in [6, 6.07) is 0. The van der Waals surface area contributed by atoms with Gasteiger partial charge in [0.25, 0.3) is 0 Å². The maximum Gasteiger partial charge on any atom is 0.310 e. The first-order valence-electron chi connectivity index (χ1n) is 6.42. The van der Waals surface area contributed by atoms with Crippen molar-refractivity contribution in [2.45, 2.75) is 6.42 Å². The molecule has 2 aliphatic rings. The van der Waals surface area contributed by atoms with Crippen LogP contribution in [0.1, 0.15) is 6.42 Å². The molecule has 2 bridgehead atoms. The fourth-order valence-corrected chi connectivity index (χ4v) is 2.94. The van der Waals surface area contributed by atoms with E-state index in [1.807, 2.05) is 12.2 Å². The summed E-state index contributed by atoms with van der Waals surface area (Å²) in [5, 5.41) is 0. The Labute approximate surface area is 112 Å². The predicted molar refractivity (Wildman–Crippen MR) is 70.0 cm³/mol. The van der Waals surface area contributed by atoms with Crippen molar-refractivity contribution in [3.63, 3.8) is 0 Å². The standard InChI is InChI=1S/C15H18O4/c1-3-7-18-14(16)12-10-5-6-11(9-10)13(12)15(17)19-8-4-2/h3-6,10-13H,1-2,7-9H2/t10-,11+,12-,13+. The highest BCUT2D eigenvalue weighted by atomic mass is 16.5. The maximum absolute atomic E-state index is 12.1. The fraction of sp³-hybridized carbons (Fsp3) is 0.467. The molecule has 0 unspecified atom stereocenters. The molecule has 0 saturated heterocycles. The third kappa shape index (κ3) is 2.62. The Kier molecular flexibility index (Phi) is 4.20. The molecular formula is C15H18O4. The zero-order valence-corrected chi connectivity index (χ0v) is 10.8. The molecule has 0 amide bonds. The number of esters is 2. The second kappa shape index (κ2) is 5.87. The Balaban J connectivity index is 2.08. The van der Waals surface area contributed by atoms with Gasteiger partial charge in [-0.1, -0.05) is 37.5 Å². The van der Waals surface area contributed by atoms with E-state index >= 15 is 0 Å². The molecule has 0 heterocycles. The SMILES string of the molecule is C=CCOC(=O)[C@@H]1[C@H](C(=O)OCC=C)[C@@H]2C=C[C@H]1C2. The van der Waals surface area contributed by atoms with Crippen LogP contribution in [0.3, 0.4) is 0 Å². The zero-order chi connectivity index (χ0) is 13.8. The van der Waals surface area contributed by atoms with Crippen LogP contribution in [0.15, 0.2) is 37.5 Å². The Hall–Kier alpha value is -1.84. The monoisotopic (exact) mass is 262 g/mol. The molecule has 2 aliphatic carbocycles. The molecule has 0 aromatic heterocycles. The van der Waals surface area contributed by atoms with Crippen molar-refractivity contribution in [1.29, 1.82) is 0 Å². The number of carbonyl (C=O) groups excluding carboxylic acids is 2. The highest BCUT2D eigenvalue weighted by molar-refractivity contribution is 5.84. The minimum absolute atomic E-state index is 0.0867. The van der Waals surface area contributed by atoms with Gasteiger partial charge in [-0.3, -0.25) is 9.59 Å². The Morgan fingerprint density at radius 2 is 1.42 bits per heavy atom. The van der Waals surface area contributed by atoms with Crippen LogP contribution < -0.4 is 0 Å². The highest BCUT2D eigenvalue weighted by Gasteiger charge is 2.52. The predicted octanol–water partition coefficient (Wildman–Crippen LogP) is 1.88. The highest BCUT2D eigenvalue weighted by Crippen LogP contribution is 2.48. The van der Waals surface area contributed by atoms with Gasteiger partial charge in [0.05, 0.1) is 11.8 Å². The van der Waals surface area contributed by atoms with Crippen LogP contribution in [0.25, 0.3) is 0 Å². The Morgan fingerprint density at radius 1 is 1.00 bits per heavy atom. The van der Waals surface area contributed by atoms with Crippen molar-refractivity contribution < 1.29 is 19.1 Å². The summed E-state index contributed by atoms with van der Waals surface area (Å²) in [6.07, 6.45) is 7.86. The van der Waals surface area contributed by atoms with Crippen LogP contribution in [0.4, 0.5) is 0 Å². The minimum atomic E-state index is -0.424. The van der Waals surface area contributed by atoms with Crippen molar-refractivity contribution in [1.82, 2.24) is 0 Å². The molecule has 4 nitrogen and oxygen atoms in total. The van der Waals surface area contributed by atoms with Gasteiger partial charge in [-0.15, -0.1) is 0 Å². The summed E-state index contributed by atoms with van der Waals surface area (Å²) in [5.74, 6) is -1.35. The topological polar surface area (TPSA) is 52.6 Å². The van der Waals surface area contributed by atoms with Crippen molar-refractivity contribution in [3.8, 4) is 0 Å². The van der Waals surface area contributed by atoms with Crippen LogP contribution in [0, 0.1) is 23.7 Å². The molecule has 0 aromatic rings. The van der Waals surface area contributed by atoms with E-state index in [0.717, 1.165) is 6.42 Å². The maximum atomic E-state index is 12.1. The van der Waals surface area contributed by atoms with Crippen molar-refractivity contribution in [3.05, 3.63) is 37.5 Å². The lowest BCUT2D eigenvalue weighted by Crippen LogP contribution is -2.35. The van der Waals surface area contributed by atoms with Gasteiger partial charge in [0.2, 0.25) is 0 Å². The summed E-state index contributed by atoms with van der Waals surface area (Å²) in [5.41, 5.74) is 0. The summed E-state index contributed by atoms with van der Waals surface area (Å²) >= 11 is 0. The third-order valence-corrected chi connectivity index (χ3v) is 3.69. The Morgan fingerprint density at radius 3 is 1.79 bits per heavy atom. The molecule has 2 rings (SSSR count). The van der Waals surface area contributed by atoms with E-state index in [1.165, 1.54) is 12.2 Å². The number of hydrogen-bond donors (Lipinski definition) is 0. The number of fused-ring (bicyclic) bond motifs is 2. The van der Waals surface area contributed by atoms with Gasteiger partial charge in [0, 0.05) is 0 Å². The lowest BCUT2D eigenvalue weighted by molar-refractivity contribution is -0.160. The van der Waals surface area contributed by atoms with Crippen LogP contribution >= 0.6 is 0 Å². The van der Waals surface area contributed by atoms with Gasteiger partial charge in [-0.2, -0.15) is 0 Å². The molecular weight excluding hydrogens is 244 g/mol. The van der Waals surface area contributed by atoms with Gasteiger partial charge >= 0.3 is 11.9 Å². The Bertz CT molecular complexity index is 386. The largest absolute Gasteiger partial charge is 0.461 e. The first kappa shape index (κ1) is 13.6. The average molecular weight is 262 g/mol. The van der Waals surface area contributed by atoms with Crippen molar-refractivity contribution in [2.75, 3.05) is 13.2 Å². The number of ether oxygens (including phenoxy) is 2. The van der Waals surface area contributed by atoms with E-state index in [2.05, 4.69) is 13.2 Å². The van der Waals surface area contributed by atoms with Gasteiger partial charge < -0.3 is 9.47 Å². The van der Waals surface area contributed by atoms with Crippen molar-refractivity contribution >= 4 is 11.9 Å². The molecule has 0 N–H and O–H groups in total. The van der Waals surface area contributed by atoms with Gasteiger partial charge in [-0.05, 0) is 18.3 Å².